The highest BCUT2D eigenvalue weighted by molar-refractivity contribution is 5.62. The van der Waals surface area contributed by atoms with E-state index in [1.807, 2.05) is 13.8 Å². The number of carbonyl (C=O) groups excluding carboxylic acids is 1. The van der Waals surface area contributed by atoms with Gasteiger partial charge in [-0.2, -0.15) is 0 Å². The van der Waals surface area contributed by atoms with Crippen molar-refractivity contribution in [3.05, 3.63) is 0 Å². The molecule has 2 fully saturated rings. The number of hydrogen-bond donors (Lipinski definition) is 0. The van der Waals surface area contributed by atoms with Crippen LogP contribution in [0.4, 0.5) is 4.79 Å². The molecule has 2 saturated heterocycles. The normalized spacial score (nSPS) is 30.1. The molecule has 16 heavy (non-hydrogen) atoms. The molecule has 0 radical (unpaired) electrons. The summed E-state index contributed by atoms with van der Waals surface area (Å²) in [6, 6.07) is 0. The van der Waals surface area contributed by atoms with E-state index in [-0.39, 0.29) is 5.60 Å². The summed E-state index contributed by atoms with van der Waals surface area (Å²) in [7, 11) is 0. The Bertz CT molecular complexity index is 232. The maximum Gasteiger partial charge on any atom is 0.509 e. The number of nitrogens with zero attached hydrogens (tertiary/aromatic N) is 1. The van der Waals surface area contributed by atoms with Crippen molar-refractivity contribution in [2.24, 2.45) is 0 Å². The summed E-state index contributed by atoms with van der Waals surface area (Å²) in [5.74, 6) is 0. The molecule has 1 atom stereocenters. The minimum Gasteiger partial charge on any atom is -0.430 e. The van der Waals surface area contributed by atoms with Crippen molar-refractivity contribution in [2.45, 2.75) is 45.6 Å². The molecule has 0 N–H and O–H groups in total. The summed E-state index contributed by atoms with van der Waals surface area (Å²) >= 11 is 0. The van der Waals surface area contributed by atoms with Gasteiger partial charge in [0.25, 0.3) is 0 Å². The van der Waals surface area contributed by atoms with Gasteiger partial charge in [0.1, 0.15) is 6.61 Å². The Morgan fingerprint density at radius 2 is 2.06 bits per heavy atom. The molecule has 1 spiro atoms. The number of likely N-dealkylation sites (tertiary alicyclic amines) is 1. The summed E-state index contributed by atoms with van der Waals surface area (Å²) in [6.45, 7) is 9.80. The molecule has 2 heterocycles. The Balaban J connectivity index is 0.000000606. The zero-order valence-corrected chi connectivity index (χ0v) is 10.6. The second kappa shape index (κ2) is 6.09. The van der Waals surface area contributed by atoms with Crippen LogP contribution in [0.25, 0.3) is 0 Å². The monoisotopic (exact) mass is 229 g/mol. The van der Waals surface area contributed by atoms with Crippen molar-refractivity contribution in [1.29, 1.82) is 0 Å². The van der Waals surface area contributed by atoms with Gasteiger partial charge in [0.05, 0.1) is 0 Å². The van der Waals surface area contributed by atoms with Gasteiger partial charge in [0, 0.05) is 13.0 Å². The van der Waals surface area contributed by atoms with E-state index in [0.29, 0.717) is 6.61 Å². The molecular formula is C12H23NO3. The lowest BCUT2D eigenvalue weighted by atomic mass is 9.96. The van der Waals surface area contributed by atoms with E-state index in [0.717, 1.165) is 38.9 Å². The first-order valence-corrected chi connectivity index (χ1v) is 6.32. The third-order valence-corrected chi connectivity index (χ3v) is 3.19. The molecule has 0 bridgehead atoms. The largest absolute Gasteiger partial charge is 0.509 e. The Morgan fingerprint density at radius 3 is 2.62 bits per heavy atom. The van der Waals surface area contributed by atoms with Crippen LogP contribution in [0.3, 0.4) is 0 Å². The first-order chi connectivity index (χ1) is 7.74. The molecule has 0 aromatic rings. The number of carbonyl (C=O) groups is 1. The molecule has 4 heteroatoms. The number of cyclic esters (lactones) is 1. The third kappa shape index (κ3) is 3.11. The molecular weight excluding hydrogens is 206 g/mol. The van der Waals surface area contributed by atoms with Crippen LogP contribution < -0.4 is 0 Å². The highest BCUT2D eigenvalue weighted by Crippen LogP contribution is 2.31. The van der Waals surface area contributed by atoms with Crippen molar-refractivity contribution in [3.8, 4) is 0 Å². The fraction of sp³-hybridized carbons (Fsp3) is 0.917. The zero-order valence-electron chi connectivity index (χ0n) is 10.6. The van der Waals surface area contributed by atoms with E-state index in [1.165, 1.54) is 0 Å². The minimum atomic E-state index is -0.491. The van der Waals surface area contributed by atoms with Gasteiger partial charge in [-0.25, -0.2) is 4.79 Å². The van der Waals surface area contributed by atoms with Gasteiger partial charge >= 0.3 is 6.16 Å². The van der Waals surface area contributed by atoms with Gasteiger partial charge in [-0.15, -0.1) is 0 Å². The Hall–Kier alpha value is -0.770. The predicted octanol–water partition coefficient (Wildman–Crippen LogP) is 2.42. The highest BCUT2D eigenvalue weighted by Gasteiger charge is 2.42. The van der Waals surface area contributed by atoms with E-state index in [2.05, 4.69) is 11.8 Å². The minimum absolute atomic E-state index is 0.305. The van der Waals surface area contributed by atoms with Crippen LogP contribution >= 0.6 is 0 Å². The van der Waals surface area contributed by atoms with Crippen molar-refractivity contribution in [3.63, 3.8) is 0 Å². The van der Waals surface area contributed by atoms with Gasteiger partial charge in [0.2, 0.25) is 0 Å². The smallest absolute Gasteiger partial charge is 0.430 e. The molecule has 1 unspecified atom stereocenters. The summed E-state index contributed by atoms with van der Waals surface area (Å²) in [4.78, 5) is 13.3. The van der Waals surface area contributed by atoms with E-state index in [9.17, 15) is 4.79 Å². The fourth-order valence-electron chi connectivity index (χ4n) is 2.21. The molecule has 2 aliphatic heterocycles. The lowest BCUT2D eigenvalue weighted by Gasteiger charge is -2.23. The predicted molar refractivity (Wildman–Crippen MR) is 62.5 cm³/mol. The highest BCUT2D eigenvalue weighted by atomic mass is 16.8. The van der Waals surface area contributed by atoms with E-state index in [4.69, 9.17) is 9.47 Å². The average molecular weight is 229 g/mol. The third-order valence-electron chi connectivity index (χ3n) is 3.19. The summed E-state index contributed by atoms with van der Waals surface area (Å²) in [6.07, 6.45) is 2.45. The van der Waals surface area contributed by atoms with Crippen molar-refractivity contribution in [2.75, 3.05) is 26.2 Å². The number of ether oxygens (including phenoxy) is 2. The molecule has 2 aliphatic rings. The average Bonchev–Trinajstić information content (AvgIpc) is 2.56. The van der Waals surface area contributed by atoms with E-state index >= 15 is 0 Å². The van der Waals surface area contributed by atoms with Gasteiger partial charge in [-0.3, -0.25) is 0 Å². The summed E-state index contributed by atoms with van der Waals surface area (Å²) in [5.41, 5.74) is -0.305. The topological polar surface area (TPSA) is 38.8 Å². The maximum absolute atomic E-state index is 10.9. The van der Waals surface area contributed by atoms with Gasteiger partial charge in [-0.05, 0) is 25.9 Å². The van der Waals surface area contributed by atoms with Gasteiger partial charge < -0.3 is 14.4 Å². The Morgan fingerprint density at radius 1 is 1.31 bits per heavy atom. The van der Waals surface area contributed by atoms with Crippen molar-refractivity contribution < 1.29 is 14.3 Å². The standard InChI is InChI=1S/C10H17NO3.C2H6/c1-2-11-6-3-4-10(5-7-11)8-13-9(12)14-10;1-2/h2-8H2,1H3;1-2H3. The van der Waals surface area contributed by atoms with E-state index in [1.54, 1.807) is 0 Å². The second-order valence-electron chi connectivity index (χ2n) is 4.11. The molecule has 0 aromatic heterocycles. The Kier molecular flexibility index (Phi) is 5.06. The first-order valence-electron chi connectivity index (χ1n) is 6.32. The molecule has 0 saturated carbocycles. The first kappa shape index (κ1) is 13.3. The second-order valence-corrected chi connectivity index (χ2v) is 4.11. The number of rotatable bonds is 1. The quantitative estimate of drug-likeness (QED) is 0.647. The van der Waals surface area contributed by atoms with E-state index < -0.39 is 6.16 Å². The fourth-order valence-corrected chi connectivity index (χ4v) is 2.21. The van der Waals surface area contributed by atoms with Crippen molar-refractivity contribution >= 4 is 6.16 Å². The van der Waals surface area contributed by atoms with Crippen LogP contribution in [0.5, 0.6) is 0 Å². The van der Waals surface area contributed by atoms with Crippen LogP contribution in [0, 0.1) is 0 Å². The van der Waals surface area contributed by atoms with Crippen LogP contribution in [0.1, 0.15) is 40.0 Å². The van der Waals surface area contributed by atoms with Crippen LogP contribution in [-0.2, 0) is 9.47 Å². The lowest BCUT2D eigenvalue weighted by Crippen LogP contribution is -2.33. The van der Waals surface area contributed by atoms with Crippen LogP contribution in [0.15, 0.2) is 0 Å². The van der Waals surface area contributed by atoms with Gasteiger partial charge in [0.15, 0.2) is 5.60 Å². The summed E-state index contributed by atoms with van der Waals surface area (Å²) in [5, 5.41) is 0. The molecule has 2 rings (SSSR count). The SMILES string of the molecule is CC.CCN1CCCC2(CC1)COC(=O)O2. The lowest BCUT2D eigenvalue weighted by molar-refractivity contribution is 0.0446. The van der Waals surface area contributed by atoms with Gasteiger partial charge in [-0.1, -0.05) is 20.8 Å². The Labute approximate surface area is 97.9 Å². The maximum atomic E-state index is 10.9. The zero-order chi connectivity index (χ0) is 12.0. The van der Waals surface area contributed by atoms with Crippen LogP contribution in [0.2, 0.25) is 0 Å². The molecule has 0 aliphatic carbocycles. The number of hydrogen-bond acceptors (Lipinski definition) is 4. The summed E-state index contributed by atoms with van der Waals surface area (Å²) < 4.78 is 10.2. The molecule has 94 valence electrons. The van der Waals surface area contributed by atoms with Crippen LogP contribution in [-0.4, -0.2) is 42.9 Å². The molecule has 4 nitrogen and oxygen atoms in total. The molecule has 0 aromatic carbocycles. The molecule has 0 amide bonds. The van der Waals surface area contributed by atoms with Crippen molar-refractivity contribution in [1.82, 2.24) is 4.90 Å².